The second kappa shape index (κ2) is 7.47. The van der Waals surface area contributed by atoms with Crippen molar-refractivity contribution in [1.29, 1.82) is 0 Å². The summed E-state index contributed by atoms with van der Waals surface area (Å²) < 4.78 is 0. The van der Waals surface area contributed by atoms with Gasteiger partial charge in [-0.1, -0.05) is 36.4 Å². The molecule has 2 amide bonds. The Kier molecular flexibility index (Phi) is 4.99. The molecule has 0 fully saturated rings. The minimum absolute atomic E-state index is 0.0000594. The van der Waals surface area contributed by atoms with Crippen LogP contribution in [0.5, 0.6) is 0 Å². The molecule has 0 saturated heterocycles. The first-order valence-corrected chi connectivity index (χ1v) is 10.2. The highest BCUT2D eigenvalue weighted by atomic mass is 16.2. The molecule has 4 rings (SSSR count). The van der Waals surface area contributed by atoms with E-state index in [2.05, 4.69) is 18.8 Å². The van der Waals surface area contributed by atoms with E-state index in [0.717, 1.165) is 35.2 Å². The number of aromatic nitrogens is 1. The summed E-state index contributed by atoms with van der Waals surface area (Å²) in [5.74, 6) is 0.0285. The van der Waals surface area contributed by atoms with Gasteiger partial charge in [-0.3, -0.25) is 14.6 Å². The van der Waals surface area contributed by atoms with Crippen LogP contribution in [0.2, 0.25) is 0 Å². The van der Waals surface area contributed by atoms with Gasteiger partial charge in [-0.25, -0.2) is 0 Å². The van der Waals surface area contributed by atoms with Gasteiger partial charge < -0.3 is 9.80 Å². The van der Waals surface area contributed by atoms with E-state index in [1.54, 1.807) is 11.1 Å². The minimum Gasteiger partial charge on any atom is -0.333 e. The summed E-state index contributed by atoms with van der Waals surface area (Å²) in [6.07, 6.45) is 3.71. The molecule has 0 saturated carbocycles. The van der Waals surface area contributed by atoms with Crippen molar-refractivity contribution in [3.8, 4) is 0 Å². The molecule has 3 heterocycles. The van der Waals surface area contributed by atoms with Gasteiger partial charge in [0.2, 0.25) is 5.91 Å². The average molecular weight is 389 g/mol. The average Bonchev–Trinajstić information content (AvgIpc) is 2.88. The summed E-state index contributed by atoms with van der Waals surface area (Å²) in [7, 11) is 1.85. The first-order valence-electron chi connectivity index (χ1n) is 10.2. The number of benzene rings is 1. The SMILES string of the molecule is CN1C(=O)C2=C(CCCN(C(=O)Cc3ccccc3)C2c2ccccn2)C1(C)C. The van der Waals surface area contributed by atoms with Crippen LogP contribution in [0.15, 0.2) is 65.9 Å². The fourth-order valence-electron chi connectivity index (χ4n) is 4.52. The molecule has 0 spiro atoms. The van der Waals surface area contributed by atoms with E-state index in [4.69, 9.17) is 0 Å². The minimum atomic E-state index is -0.443. The number of nitrogens with zero attached hydrogens (tertiary/aromatic N) is 3. The van der Waals surface area contributed by atoms with Crippen molar-refractivity contribution in [1.82, 2.24) is 14.8 Å². The molecule has 0 radical (unpaired) electrons. The maximum atomic E-state index is 13.4. The van der Waals surface area contributed by atoms with Crippen molar-refractivity contribution in [2.75, 3.05) is 13.6 Å². The maximum absolute atomic E-state index is 13.4. The van der Waals surface area contributed by atoms with E-state index in [-0.39, 0.29) is 17.4 Å². The number of carbonyl (C=O) groups is 2. The smallest absolute Gasteiger partial charge is 0.252 e. The summed E-state index contributed by atoms with van der Waals surface area (Å²) in [5, 5.41) is 0. The first-order chi connectivity index (χ1) is 13.9. The molecule has 0 aliphatic carbocycles. The number of rotatable bonds is 3. The lowest BCUT2D eigenvalue weighted by Crippen LogP contribution is -2.42. The van der Waals surface area contributed by atoms with Crippen LogP contribution < -0.4 is 0 Å². The van der Waals surface area contributed by atoms with Crippen molar-refractivity contribution in [3.63, 3.8) is 0 Å². The fraction of sp³-hybridized carbons (Fsp3) is 0.375. The van der Waals surface area contributed by atoms with E-state index < -0.39 is 6.04 Å². The van der Waals surface area contributed by atoms with E-state index >= 15 is 0 Å². The number of pyridine rings is 1. The van der Waals surface area contributed by atoms with Gasteiger partial charge in [-0.05, 0) is 50.0 Å². The number of carbonyl (C=O) groups excluding carboxylic acids is 2. The lowest BCUT2D eigenvalue weighted by Gasteiger charge is -2.33. The Bertz CT molecular complexity index is 951. The number of amides is 2. The largest absolute Gasteiger partial charge is 0.333 e. The molecule has 0 bridgehead atoms. The highest BCUT2D eigenvalue weighted by Gasteiger charge is 2.48. The normalized spacial score (nSPS) is 21.2. The van der Waals surface area contributed by atoms with Gasteiger partial charge in [0.25, 0.3) is 5.91 Å². The van der Waals surface area contributed by atoms with E-state index in [0.29, 0.717) is 13.0 Å². The predicted octanol–water partition coefficient (Wildman–Crippen LogP) is 3.54. The maximum Gasteiger partial charge on any atom is 0.252 e. The summed E-state index contributed by atoms with van der Waals surface area (Å²) in [6, 6.07) is 15.0. The lowest BCUT2D eigenvalue weighted by molar-refractivity contribution is -0.133. The summed E-state index contributed by atoms with van der Waals surface area (Å²) in [4.78, 5) is 34.9. The van der Waals surface area contributed by atoms with Crippen molar-refractivity contribution in [3.05, 3.63) is 77.1 Å². The third-order valence-electron chi connectivity index (χ3n) is 6.33. The quantitative estimate of drug-likeness (QED) is 0.807. The third-order valence-corrected chi connectivity index (χ3v) is 6.33. The van der Waals surface area contributed by atoms with Crippen LogP contribution in [0.4, 0.5) is 0 Å². The monoisotopic (exact) mass is 389 g/mol. The zero-order valence-corrected chi connectivity index (χ0v) is 17.3. The number of hydrogen-bond acceptors (Lipinski definition) is 3. The Morgan fingerprint density at radius 1 is 1.14 bits per heavy atom. The molecule has 5 nitrogen and oxygen atoms in total. The Hall–Kier alpha value is -2.95. The van der Waals surface area contributed by atoms with Crippen molar-refractivity contribution >= 4 is 11.8 Å². The van der Waals surface area contributed by atoms with Crippen LogP contribution in [0, 0.1) is 0 Å². The molecular formula is C24H27N3O2. The molecule has 2 aliphatic heterocycles. The standard InChI is InChI=1S/C24H27N3O2/c1-24(2)18-12-9-15-27(20(28)16-17-10-5-4-6-11-17)22(19-13-7-8-14-25-19)21(18)23(29)26(24)3/h4-8,10-11,13-14,22H,9,12,15-16H2,1-3H3. The lowest BCUT2D eigenvalue weighted by atomic mass is 9.88. The third kappa shape index (κ3) is 3.35. The molecule has 150 valence electrons. The van der Waals surface area contributed by atoms with Crippen LogP contribution in [-0.4, -0.2) is 45.7 Å². The molecule has 1 unspecified atom stereocenters. The van der Waals surface area contributed by atoms with Crippen LogP contribution >= 0.6 is 0 Å². The fourth-order valence-corrected chi connectivity index (χ4v) is 4.52. The van der Waals surface area contributed by atoms with Gasteiger partial charge in [0.05, 0.1) is 17.7 Å². The van der Waals surface area contributed by atoms with Crippen molar-refractivity contribution < 1.29 is 9.59 Å². The Morgan fingerprint density at radius 3 is 2.55 bits per heavy atom. The van der Waals surface area contributed by atoms with Gasteiger partial charge in [-0.15, -0.1) is 0 Å². The predicted molar refractivity (Wildman–Crippen MR) is 112 cm³/mol. The Morgan fingerprint density at radius 2 is 1.86 bits per heavy atom. The molecule has 1 aromatic carbocycles. The summed E-state index contributed by atoms with van der Waals surface area (Å²) in [5.41, 5.74) is 3.25. The molecular weight excluding hydrogens is 362 g/mol. The van der Waals surface area contributed by atoms with Crippen LogP contribution in [0.3, 0.4) is 0 Å². The number of hydrogen-bond donors (Lipinski definition) is 0. The van der Waals surface area contributed by atoms with Gasteiger partial charge in [0.15, 0.2) is 0 Å². The van der Waals surface area contributed by atoms with Crippen LogP contribution in [-0.2, 0) is 16.0 Å². The van der Waals surface area contributed by atoms with Crippen molar-refractivity contribution in [2.45, 2.75) is 44.7 Å². The van der Waals surface area contributed by atoms with E-state index in [1.807, 2.05) is 60.5 Å². The molecule has 5 heteroatoms. The van der Waals surface area contributed by atoms with Gasteiger partial charge in [0, 0.05) is 25.4 Å². The highest BCUT2D eigenvalue weighted by Crippen LogP contribution is 2.45. The number of likely N-dealkylation sites (N-methyl/N-ethyl adjacent to an activating group) is 1. The molecule has 1 atom stereocenters. The molecule has 2 aromatic rings. The van der Waals surface area contributed by atoms with Gasteiger partial charge in [0.1, 0.15) is 6.04 Å². The highest BCUT2D eigenvalue weighted by molar-refractivity contribution is 6.00. The van der Waals surface area contributed by atoms with Gasteiger partial charge >= 0.3 is 0 Å². The molecule has 2 aliphatic rings. The zero-order chi connectivity index (χ0) is 20.6. The first kappa shape index (κ1) is 19.4. The van der Waals surface area contributed by atoms with Gasteiger partial charge in [-0.2, -0.15) is 0 Å². The summed E-state index contributed by atoms with van der Waals surface area (Å²) >= 11 is 0. The molecule has 29 heavy (non-hydrogen) atoms. The topological polar surface area (TPSA) is 53.5 Å². The zero-order valence-electron chi connectivity index (χ0n) is 17.3. The van der Waals surface area contributed by atoms with E-state index in [9.17, 15) is 9.59 Å². The van der Waals surface area contributed by atoms with Crippen molar-refractivity contribution in [2.24, 2.45) is 0 Å². The second-order valence-corrected chi connectivity index (χ2v) is 8.33. The van der Waals surface area contributed by atoms with Crippen LogP contribution in [0.1, 0.15) is 44.0 Å². The van der Waals surface area contributed by atoms with E-state index in [1.165, 1.54) is 0 Å². The van der Waals surface area contributed by atoms with Crippen LogP contribution in [0.25, 0.3) is 0 Å². The molecule has 1 aromatic heterocycles. The molecule has 0 N–H and O–H groups in total. The Labute approximate surface area is 172 Å². The Balaban J connectivity index is 1.79. The summed E-state index contributed by atoms with van der Waals surface area (Å²) in [6.45, 7) is 4.79. The second-order valence-electron chi connectivity index (χ2n) is 8.33.